The van der Waals surface area contributed by atoms with Gasteiger partial charge in [0.1, 0.15) is 0 Å². The Morgan fingerprint density at radius 1 is 1.19 bits per heavy atom. The molecular weight excluding hydrogens is 278 g/mol. The molecule has 3 saturated carbocycles. The fourth-order valence-corrected chi connectivity index (χ4v) is 4.09. The molecule has 0 amide bonds. The molecule has 0 spiro atoms. The monoisotopic (exact) mass is 305 g/mol. The van der Waals surface area contributed by atoms with Gasteiger partial charge in [-0.25, -0.2) is 4.98 Å². The lowest BCUT2D eigenvalue weighted by molar-refractivity contribution is 0.687. The highest BCUT2D eigenvalue weighted by molar-refractivity contribution is 7.15. The van der Waals surface area contributed by atoms with Crippen LogP contribution in [0.5, 0.6) is 0 Å². The van der Waals surface area contributed by atoms with Gasteiger partial charge >= 0.3 is 0 Å². The lowest BCUT2D eigenvalue weighted by atomic mass is 10.2. The molecule has 0 atom stereocenters. The molecular formula is C17H27N3S. The highest BCUT2D eigenvalue weighted by atomic mass is 32.1. The summed E-state index contributed by atoms with van der Waals surface area (Å²) in [5.74, 6) is 1.72. The predicted octanol–water partition coefficient (Wildman–Crippen LogP) is 3.90. The van der Waals surface area contributed by atoms with Crippen molar-refractivity contribution in [1.82, 2.24) is 10.3 Å². The van der Waals surface area contributed by atoms with Crippen molar-refractivity contribution in [2.24, 2.45) is 5.92 Å². The second kappa shape index (κ2) is 5.88. The van der Waals surface area contributed by atoms with Crippen molar-refractivity contribution in [2.45, 2.75) is 70.4 Å². The van der Waals surface area contributed by atoms with E-state index in [0.717, 1.165) is 24.4 Å². The molecule has 4 heteroatoms. The van der Waals surface area contributed by atoms with Crippen molar-refractivity contribution in [3.63, 3.8) is 0 Å². The van der Waals surface area contributed by atoms with E-state index in [0.29, 0.717) is 0 Å². The second-order valence-corrected chi connectivity index (χ2v) is 8.19. The number of nitrogens with one attached hydrogen (secondary N) is 1. The van der Waals surface area contributed by atoms with Crippen LogP contribution in [0.15, 0.2) is 0 Å². The third-order valence-electron chi connectivity index (χ3n) is 4.75. The van der Waals surface area contributed by atoms with Gasteiger partial charge in [-0.1, -0.05) is 6.92 Å². The predicted molar refractivity (Wildman–Crippen MR) is 89.2 cm³/mol. The number of rotatable bonds is 9. The second-order valence-electron chi connectivity index (χ2n) is 7.12. The zero-order valence-electron chi connectivity index (χ0n) is 13.1. The maximum absolute atomic E-state index is 5.07. The van der Waals surface area contributed by atoms with Crippen LogP contribution in [0.4, 0.5) is 5.13 Å². The Bertz CT molecular complexity index is 486. The molecule has 0 saturated heterocycles. The molecule has 3 aliphatic carbocycles. The molecule has 1 aromatic rings. The SMILES string of the molecule is CCCN(CC1CC1)c1nc(C2CC2)c(CNC2CC2)s1. The Morgan fingerprint density at radius 3 is 2.62 bits per heavy atom. The zero-order valence-corrected chi connectivity index (χ0v) is 13.9. The van der Waals surface area contributed by atoms with Crippen LogP contribution in [0.25, 0.3) is 0 Å². The molecule has 3 nitrogen and oxygen atoms in total. The van der Waals surface area contributed by atoms with Crippen LogP contribution in [-0.4, -0.2) is 24.1 Å². The van der Waals surface area contributed by atoms with Gasteiger partial charge in [0.25, 0.3) is 0 Å². The van der Waals surface area contributed by atoms with E-state index in [9.17, 15) is 0 Å². The van der Waals surface area contributed by atoms with Crippen molar-refractivity contribution in [1.29, 1.82) is 0 Å². The number of thiazole rings is 1. The third-order valence-corrected chi connectivity index (χ3v) is 5.88. The van der Waals surface area contributed by atoms with E-state index >= 15 is 0 Å². The molecule has 0 aromatic carbocycles. The van der Waals surface area contributed by atoms with Gasteiger partial charge in [-0.3, -0.25) is 0 Å². The number of hydrogen-bond acceptors (Lipinski definition) is 4. The van der Waals surface area contributed by atoms with Crippen LogP contribution in [0.1, 0.15) is 68.4 Å². The number of aromatic nitrogens is 1. The summed E-state index contributed by atoms with van der Waals surface area (Å²) < 4.78 is 0. The van der Waals surface area contributed by atoms with Crippen LogP contribution >= 0.6 is 11.3 Å². The molecule has 3 aliphatic rings. The van der Waals surface area contributed by atoms with Crippen LogP contribution in [0, 0.1) is 5.92 Å². The van der Waals surface area contributed by atoms with Gasteiger partial charge in [-0.15, -0.1) is 11.3 Å². The summed E-state index contributed by atoms with van der Waals surface area (Å²) in [7, 11) is 0. The topological polar surface area (TPSA) is 28.2 Å². The van der Waals surface area contributed by atoms with Gasteiger partial charge in [0.2, 0.25) is 0 Å². The Kier molecular flexibility index (Phi) is 3.92. The first kappa shape index (κ1) is 14.0. The summed E-state index contributed by atoms with van der Waals surface area (Å²) in [6.45, 7) is 5.74. The van der Waals surface area contributed by atoms with Crippen molar-refractivity contribution in [2.75, 3.05) is 18.0 Å². The van der Waals surface area contributed by atoms with Gasteiger partial charge in [-0.2, -0.15) is 0 Å². The van der Waals surface area contributed by atoms with Crippen LogP contribution in [0.2, 0.25) is 0 Å². The quantitative estimate of drug-likeness (QED) is 0.750. The minimum absolute atomic E-state index is 0.774. The Hall–Kier alpha value is -0.610. The van der Waals surface area contributed by atoms with Gasteiger partial charge in [-0.05, 0) is 50.9 Å². The zero-order chi connectivity index (χ0) is 14.2. The van der Waals surface area contributed by atoms with E-state index < -0.39 is 0 Å². The van der Waals surface area contributed by atoms with Crippen LogP contribution < -0.4 is 10.2 Å². The summed E-state index contributed by atoms with van der Waals surface area (Å²) in [6, 6.07) is 0.792. The smallest absolute Gasteiger partial charge is 0.185 e. The molecule has 0 aliphatic heterocycles. The Morgan fingerprint density at radius 2 is 2.00 bits per heavy atom. The van der Waals surface area contributed by atoms with Gasteiger partial charge in [0.15, 0.2) is 5.13 Å². The molecule has 1 heterocycles. The Balaban J connectivity index is 1.50. The normalized spacial score (nSPS) is 21.8. The first-order chi connectivity index (χ1) is 10.3. The van der Waals surface area contributed by atoms with E-state index in [4.69, 9.17) is 4.98 Å². The summed E-state index contributed by atoms with van der Waals surface area (Å²) in [6.07, 6.45) is 9.53. The summed E-state index contributed by atoms with van der Waals surface area (Å²) in [5, 5.41) is 4.99. The van der Waals surface area contributed by atoms with Crippen molar-refractivity contribution < 1.29 is 0 Å². The van der Waals surface area contributed by atoms with E-state index in [1.165, 1.54) is 73.7 Å². The maximum atomic E-state index is 5.07. The summed E-state index contributed by atoms with van der Waals surface area (Å²) in [4.78, 5) is 9.16. The first-order valence-electron chi connectivity index (χ1n) is 8.81. The average Bonchev–Trinajstić information content (AvgIpc) is 3.33. The molecule has 4 rings (SSSR count). The molecule has 21 heavy (non-hydrogen) atoms. The lowest BCUT2D eigenvalue weighted by Crippen LogP contribution is -2.26. The highest BCUT2D eigenvalue weighted by Gasteiger charge is 2.32. The largest absolute Gasteiger partial charge is 0.348 e. The molecule has 116 valence electrons. The van der Waals surface area contributed by atoms with Crippen LogP contribution in [-0.2, 0) is 6.54 Å². The fraction of sp³-hybridized carbons (Fsp3) is 0.824. The maximum Gasteiger partial charge on any atom is 0.185 e. The minimum Gasteiger partial charge on any atom is -0.348 e. The van der Waals surface area contributed by atoms with E-state index in [1.54, 1.807) is 0 Å². The highest BCUT2D eigenvalue weighted by Crippen LogP contribution is 2.44. The van der Waals surface area contributed by atoms with Crippen molar-refractivity contribution >= 4 is 16.5 Å². The standard InChI is InChI=1S/C17H27N3S/c1-2-9-20(11-12-3-4-12)17-19-16(13-5-6-13)15(21-17)10-18-14-7-8-14/h12-14,18H,2-11H2,1H3. The van der Waals surface area contributed by atoms with Gasteiger partial charge in [0.05, 0.1) is 5.69 Å². The number of anilines is 1. The average molecular weight is 305 g/mol. The lowest BCUT2D eigenvalue weighted by Gasteiger charge is -2.20. The molecule has 0 unspecified atom stereocenters. The molecule has 3 fully saturated rings. The summed E-state index contributed by atoms with van der Waals surface area (Å²) >= 11 is 1.97. The van der Waals surface area contributed by atoms with E-state index in [-0.39, 0.29) is 0 Å². The Labute approximate surface area is 132 Å². The molecule has 1 aromatic heterocycles. The van der Waals surface area contributed by atoms with Crippen LogP contribution in [0.3, 0.4) is 0 Å². The third kappa shape index (κ3) is 3.59. The fourth-order valence-electron chi connectivity index (χ4n) is 2.96. The number of hydrogen-bond donors (Lipinski definition) is 1. The first-order valence-corrected chi connectivity index (χ1v) is 9.63. The molecule has 1 N–H and O–H groups in total. The van der Waals surface area contributed by atoms with Crippen molar-refractivity contribution in [3.8, 4) is 0 Å². The molecule has 0 bridgehead atoms. The summed E-state index contributed by atoms with van der Waals surface area (Å²) in [5.41, 5.74) is 1.43. The van der Waals surface area contributed by atoms with Gasteiger partial charge < -0.3 is 10.2 Å². The minimum atomic E-state index is 0.774. The van der Waals surface area contributed by atoms with E-state index in [1.807, 2.05) is 11.3 Å². The number of nitrogens with zero attached hydrogens (tertiary/aromatic N) is 2. The van der Waals surface area contributed by atoms with E-state index in [2.05, 4.69) is 17.1 Å². The van der Waals surface area contributed by atoms with Crippen molar-refractivity contribution in [3.05, 3.63) is 10.6 Å². The molecule has 0 radical (unpaired) electrons. The van der Waals surface area contributed by atoms with Gasteiger partial charge in [0, 0.05) is 36.5 Å².